The molecule has 0 aliphatic heterocycles. The Balaban J connectivity index is 2.15. The summed E-state index contributed by atoms with van der Waals surface area (Å²) in [6, 6.07) is 1.91. The number of carboxylic acids is 1. The summed E-state index contributed by atoms with van der Waals surface area (Å²) in [7, 11) is 0. The molecule has 0 spiro atoms. The first-order valence-corrected chi connectivity index (χ1v) is 4.48. The van der Waals surface area contributed by atoms with Crippen molar-refractivity contribution < 1.29 is 9.90 Å². The molecule has 0 amide bonds. The lowest BCUT2D eigenvalue weighted by molar-refractivity contribution is -0.138. The highest BCUT2D eigenvalue weighted by molar-refractivity contribution is 5.75. The maximum absolute atomic E-state index is 10.6. The molecule has 0 saturated heterocycles. The van der Waals surface area contributed by atoms with Gasteiger partial charge in [0.1, 0.15) is 0 Å². The van der Waals surface area contributed by atoms with Gasteiger partial charge in [-0.25, -0.2) is 0 Å². The SMILES string of the molecule is CCn1nccc1[C@H]1C[C@H]1C(=O)O. The zero-order valence-corrected chi connectivity index (χ0v) is 7.47. The molecule has 1 heterocycles. The number of aromatic nitrogens is 2. The topological polar surface area (TPSA) is 55.1 Å². The molecule has 1 N–H and O–H groups in total. The number of hydrogen-bond acceptors (Lipinski definition) is 2. The molecule has 1 saturated carbocycles. The molecule has 0 aromatic carbocycles. The van der Waals surface area contributed by atoms with E-state index in [0.29, 0.717) is 0 Å². The van der Waals surface area contributed by atoms with Gasteiger partial charge in [-0.05, 0) is 19.4 Å². The van der Waals surface area contributed by atoms with E-state index in [1.807, 2.05) is 17.7 Å². The van der Waals surface area contributed by atoms with Gasteiger partial charge in [-0.1, -0.05) is 0 Å². The average Bonchev–Trinajstić information content (AvgIpc) is 2.77. The van der Waals surface area contributed by atoms with Crippen LogP contribution in [0.5, 0.6) is 0 Å². The van der Waals surface area contributed by atoms with Gasteiger partial charge in [0.25, 0.3) is 0 Å². The van der Waals surface area contributed by atoms with Crippen LogP contribution in [0.15, 0.2) is 12.3 Å². The largest absolute Gasteiger partial charge is 0.481 e. The van der Waals surface area contributed by atoms with E-state index in [0.717, 1.165) is 18.7 Å². The molecule has 1 aromatic rings. The van der Waals surface area contributed by atoms with Crippen molar-refractivity contribution in [2.45, 2.75) is 25.8 Å². The van der Waals surface area contributed by atoms with Crippen molar-refractivity contribution in [3.63, 3.8) is 0 Å². The Labute approximate surface area is 76.2 Å². The fourth-order valence-electron chi connectivity index (χ4n) is 1.72. The molecule has 0 bridgehead atoms. The molecule has 1 aliphatic rings. The van der Waals surface area contributed by atoms with E-state index in [9.17, 15) is 4.79 Å². The van der Waals surface area contributed by atoms with Crippen molar-refractivity contribution >= 4 is 5.97 Å². The average molecular weight is 180 g/mol. The molecule has 1 aliphatic carbocycles. The Bertz CT molecular complexity index is 332. The van der Waals surface area contributed by atoms with Crippen molar-refractivity contribution in [3.05, 3.63) is 18.0 Å². The van der Waals surface area contributed by atoms with E-state index in [1.165, 1.54) is 0 Å². The van der Waals surface area contributed by atoms with Crippen molar-refractivity contribution in [3.8, 4) is 0 Å². The monoisotopic (exact) mass is 180 g/mol. The molecule has 1 aromatic heterocycles. The molecule has 1 fully saturated rings. The number of nitrogens with zero attached hydrogens (tertiary/aromatic N) is 2. The standard InChI is InChI=1S/C9H12N2O2/c1-2-11-8(3-4-10-11)6-5-7(6)9(12)13/h3-4,6-7H,2,5H2,1H3,(H,12,13)/t6-,7+/m0/s1. The number of rotatable bonds is 3. The Kier molecular flexibility index (Phi) is 1.83. The highest BCUT2D eigenvalue weighted by Crippen LogP contribution is 2.47. The second-order valence-electron chi connectivity index (χ2n) is 3.36. The summed E-state index contributed by atoms with van der Waals surface area (Å²) >= 11 is 0. The fourth-order valence-corrected chi connectivity index (χ4v) is 1.72. The molecule has 0 radical (unpaired) electrons. The third kappa shape index (κ3) is 1.32. The van der Waals surface area contributed by atoms with Crippen molar-refractivity contribution in [2.24, 2.45) is 5.92 Å². The minimum Gasteiger partial charge on any atom is -0.481 e. The summed E-state index contributed by atoms with van der Waals surface area (Å²) in [5.41, 5.74) is 1.06. The van der Waals surface area contributed by atoms with Gasteiger partial charge in [-0.3, -0.25) is 9.48 Å². The third-order valence-electron chi connectivity index (χ3n) is 2.54. The van der Waals surface area contributed by atoms with Gasteiger partial charge < -0.3 is 5.11 Å². The summed E-state index contributed by atoms with van der Waals surface area (Å²) in [4.78, 5) is 10.6. The van der Waals surface area contributed by atoms with E-state index in [2.05, 4.69) is 5.10 Å². The molecule has 0 unspecified atom stereocenters. The van der Waals surface area contributed by atoms with E-state index < -0.39 is 5.97 Å². The van der Waals surface area contributed by atoms with Crippen LogP contribution in [-0.4, -0.2) is 20.9 Å². The van der Waals surface area contributed by atoms with Crippen LogP contribution in [0.25, 0.3) is 0 Å². The van der Waals surface area contributed by atoms with Gasteiger partial charge in [0.15, 0.2) is 0 Å². The molecule has 4 nitrogen and oxygen atoms in total. The highest BCUT2D eigenvalue weighted by atomic mass is 16.4. The molecule has 70 valence electrons. The first-order chi connectivity index (χ1) is 6.24. The fraction of sp³-hybridized carbons (Fsp3) is 0.556. The third-order valence-corrected chi connectivity index (χ3v) is 2.54. The zero-order valence-electron chi connectivity index (χ0n) is 7.47. The Hall–Kier alpha value is -1.32. The zero-order chi connectivity index (χ0) is 9.42. The number of carboxylic acid groups (broad SMARTS) is 1. The van der Waals surface area contributed by atoms with E-state index >= 15 is 0 Å². The maximum atomic E-state index is 10.6. The number of aryl methyl sites for hydroxylation is 1. The quantitative estimate of drug-likeness (QED) is 0.757. The molecular weight excluding hydrogens is 168 g/mol. The summed E-state index contributed by atoms with van der Waals surface area (Å²) in [6.07, 6.45) is 2.50. The number of hydrogen-bond donors (Lipinski definition) is 1. The maximum Gasteiger partial charge on any atom is 0.307 e. The van der Waals surface area contributed by atoms with Crippen molar-refractivity contribution in [2.75, 3.05) is 0 Å². The summed E-state index contributed by atoms with van der Waals surface area (Å²) in [5.74, 6) is -0.671. The molecule has 2 rings (SSSR count). The van der Waals surface area contributed by atoms with Crippen LogP contribution >= 0.6 is 0 Å². The molecule has 4 heteroatoms. The van der Waals surface area contributed by atoms with Crippen LogP contribution < -0.4 is 0 Å². The van der Waals surface area contributed by atoms with Crippen LogP contribution in [0.2, 0.25) is 0 Å². The minimum atomic E-state index is -0.686. The lowest BCUT2D eigenvalue weighted by Crippen LogP contribution is -2.04. The van der Waals surface area contributed by atoms with Gasteiger partial charge in [-0.15, -0.1) is 0 Å². The number of carbonyl (C=O) groups is 1. The summed E-state index contributed by atoms with van der Waals surface area (Å²) in [5, 5.41) is 12.9. The van der Waals surface area contributed by atoms with Crippen LogP contribution in [0.1, 0.15) is 25.0 Å². The summed E-state index contributed by atoms with van der Waals surface area (Å²) in [6.45, 7) is 2.82. The molecular formula is C9H12N2O2. The van der Waals surface area contributed by atoms with Gasteiger partial charge >= 0.3 is 5.97 Å². The summed E-state index contributed by atoms with van der Waals surface area (Å²) < 4.78 is 1.87. The smallest absolute Gasteiger partial charge is 0.307 e. The van der Waals surface area contributed by atoms with E-state index in [4.69, 9.17) is 5.11 Å². The van der Waals surface area contributed by atoms with Crippen LogP contribution in [-0.2, 0) is 11.3 Å². The second-order valence-corrected chi connectivity index (χ2v) is 3.36. The highest BCUT2D eigenvalue weighted by Gasteiger charge is 2.45. The lowest BCUT2D eigenvalue weighted by atomic mass is 10.2. The van der Waals surface area contributed by atoms with Crippen LogP contribution in [0, 0.1) is 5.92 Å². The predicted octanol–water partition coefficient (Wildman–Crippen LogP) is 1.09. The Morgan fingerprint density at radius 3 is 3.15 bits per heavy atom. The van der Waals surface area contributed by atoms with E-state index in [1.54, 1.807) is 6.20 Å². The lowest BCUT2D eigenvalue weighted by Gasteiger charge is -2.01. The number of aliphatic carboxylic acids is 1. The Morgan fingerprint density at radius 1 is 1.85 bits per heavy atom. The Morgan fingerprint density at radius 2 is 2.62 bits per heavy atom. The first kappa shape index (κ1) is 8.29. The van der Waals surface area contributed by atoms with Gasteiger partial charge in [0, 0.05) is 24.4 Å². The van der Waals surface area contributed by atoms with Gasteiger partial charge in [0.05, 0.1) is 5.92 Å². The van der Waals surface area contributed by atoms with Crippen molar-refractivity contribution in [1.82, 2.24) is 9.78 Å². The minimum absolute atomic E-state index is 0.179. The van der Waals surface area contributed by atoms with Crippen molar-refractivity contribution in [1.29, 1.82) is 0 Å². The molecule has 13 heavy (non-hydrogen) atoms. The molecule has 2 atom stereocenters. The van der Waals surface area contributed by atoms with Gasteiger partial charge in [-0.2, -0.15) is 5.10 Å². The second kappa shape index (κ2) is 2.87. The van der Waals surface area contributed by atoms with Crippen LogP contribution in [0.3, 0.4) is 0 Å². The van der Waals surface area contributed by atoms with Gasteiger partial charge in [0.2, 0.25) is 0 Å². The van der Waals surface area contributed by atoms with Crippen LogP contribution in [0.4, 0.5) is 0 Å². The first-order valence-electron chi connectivity index (χ1n) is 4.48. The normalized spacial score (nSPS) is 25.9. The predicted molar refractivity (Wildman–Crippen MR) is 46.4 cm³/mol. The van der Waals surface area contributed by atoms with E-state index in [-0.39, 0.29) is 11.8 Å².